The van der Waals surface area contributed by atoms with Crippen LogP contribution in [0.2, 0.25) is 0 Å². The van der Waals surface area contributed by atoms with Gasteiger partial charge in [0.1, 0.15) is 11.0 Å². The molecule has 1 aromatic carbocycles. The van der Waals surface area contributed by atoms with Crippen molar-refractivity contribution in [3.63, 3.8) is 0 Å². The van der Waals surface area contributed by atoms with Gasteiger partial charge in [0, 0.05) is 11.5 Å². The second-order valence-electron chi connectivity index (χ2n) is 9.51. The summed E-state index contributed by atoms with van der Waals surface area (Å²) >= 11 is 0. The van der Waals surface area contributed by atoms with Gasteiger partial charge in [0.05, 0.1) is 54.5 Å². The number of nitrogens with zero attached hydrogens (tertiary/aromatic N) is 5. The van der Waals surface area contributed by atoms with Gasteiger partial charge in [-0.15, -0.1) is 5.10 Å². The van der Waals surface area contributed by atoms with Gasteiger partial charge in [0.15, 0.2) is 11.6 Å². The lowest BCUT2D eigenvalue weighted by molar-refractivity contribution is -0.131. The number of fused-ring (bicyclic) bond motifs is 2. The van der Waals surface area contributed by atoms with Gasteiger partial charge in [0.25, 0.3) is 6.43 Å². The maximum atomic E-state index is 15.4. The van der Waals surface area contributed by atoms with Crippen molar-refractivity contribution in [1.82, 2.24) is 24.1 Å². The van der Waals surface area contributed by atoms with Gasteiger partial charge in [-0.05, 0) is 43.4 Å². The smallest absolute Gasteiger partial charge is 0.256 e. The van der Waals surface area contributed by atoms with E-state index in [-0.39, 0.29) is 45.1 Å². The fourth-order valence-corrected chi connectivity index (χ4v) is 5.22. The molecule has 1 saturated heterocycles. The van der Waals surface area contributed by atoms with E-state index < -0.39 is 37.5 Å². The van der Waals surface area contributed by atoms with Crippen molar-refractivity contribution in [3.05, 3.63) is 36.3 Å². The monoisotopic (exact) mass is 507 g/mol. The van der Waals surface area contributed by atoms with E-state index in [1.807, 2.05) is 0 Å². The molecule has 0 radical (unpaired) electrons. The molecule has 1 aliphatic heterocycles. The third-order valence-corrected chi connectivity index (χ3v) is 7.15. The Morgan fingerprint density at radius 1 is 1.25 bits per heavy atom. The second kappa shape index (κ2) is 8.61. The Labute approximate surface area is 207 Å². The molecular formula is C24H24F4N6O2. The van der Waals surface area contributed by atoms with E-state index in [1.54, 1.807) is 0 Å². The molecular weight excluding hydrogens is 480 g/mol. The summed E-state index contributed by atoms with van der Waals surface area (Å²) in [6, 6.07) is 2.31. The van der Waals surface area contributed by atoms with Crippen LogP contribution in [0, 0.1) is 17.0 Å². The molecule has 8 nitrogen and oxygen atoms in total. The maximum absolute atomic E-state index is 15.4. The third-order valence-electron chi connectivity index (χ3n) is 7.15. The van der Waals surface area contributed by atoms with Gasteiger partial charge in [-0.3, -0.25) is 0 Å². The van der Waals surface area contributed by atoms with E-state index in [2.05, 4.69) is 20.4 Å². The third kappa shape index (κ3) is 3.83. The van der Waals surface area contributed by atoms with Crippen LogP contribution >= 0.6 is 0 Å². The van der Waals surface area contributed by atoms with Crippen molar-refractivity contribution in [2.75, 3.05) is 25.6 Å². The highest BCUT2D eigenvalue weighted by Gasteiger charge is 2.41. The number of ether oxygens (including phenoxy) is 2. The highest BCUT2D eigenvalue weighted by molar-refractivity contribution is 5.90. The minimum atomic E-state index is -2.93. The average molecular weight is 508 g/mol. The lowest BCUT2D eigenvalue weighted by Crippen LogP contribution is -2.47. The van der Waals surface area contributed by atoms with Gasteiger partial charge in [-0.25, -0.2) is 27.1 Å². The number of hydrogen-bond donors (Lipinski definition) is 1. The standard InChI is InChI=1S/C24H24F4N6O2/c1-35-22-21-19(13-6-15(25)20-17(7-13)33(12-29-20)9-18(27)28)16(26)8-34(21)32-23(31-22)30-14-2-4-24(5-3-14)10-36-11-24/h6-8,12,14,18H,2-5,9-11H2,1H3,(H,30,32)/i1D3. The van der Waals surface area contributed by atoms with E-state index >= 15 is 4.39 Å². The number of benzene rings is 1. The van der Waals surface area contributed by atoms with Crippen LogP contribution < -0.4 is 10.1 Å². The first-order chi connectivity index (χ1) is 18.5. The molecule has 4 aromatic rings. The largest absolute Gasteiger partial charge is 0.479 e. The minimum Gasteiger partial charge on any atom is -0.479 e. The van der Waals surface area contributed by atoms with Crippen LogP contribution in [0.5, 0.6) is 5.88 Å². The highest BCUT2D eigenvalue weighted by Crippen LogP contribution is 2.43. The molecule has 3 aromatic heterocycles. The first-order valence-corrected chi connectivity index (χ1v) is 11.6. The summed E-state index contributed by atoms with van der Waals surface area (Å²) in [6.07, 6.45) is 2.94. The van der Waals surface area contributed by atoms with E-state index in [0.29, 0.717) is 0 Å². The van der Waals surface area contributed by atoms with E-state index in [1.165, 1.54) is 6.07 Å². The molecule has 1 aliphatic carbocycles. The number of imidazole rings is 1. The summed E-state index contributed by atoms with van der Waals surface area (Å²) < 4.78 is 91.9. The van der Waals surface area contributed by atoms with Gasteiger partial charge < -0.3 is 19.4 Å². The minimum absolute atomic E-state index is 0.0146. The van der Waals surface area contributed by atoms with Gasteiger partial charge in [-0.1, -0.05) is 0 Å². The van der Waals surface area contributed by atoms with Crippen molar-refractivity contribution >= 4 is 22.5 Å². The highest BCUT2D eigenvalue weighted by atomic mass is 19.3. The van der Waals surface area contributed by atoms with Crippen LogP contribution in [0.4, 0.5) is 23.5 Å². The molecule has 36 heavy (non-hydrogen) atoms. The molecule has 190 valence electrons. The number of rotatable bonds is 6. The van der Waals surface area contributed by atoms with Crippen LogP contribution in [-0.4, -0.2) is 56.9 Å². The van der Waals surface area contributed by atoms with Crippen LogP contribution in [0.25, 0.3) is 27.7 Å². The van der Waals surface area contributed by atoms with Crippen LogP contribution in [0.3, 0.4) is 0 Å². The molecule has 0 amide bonds. The van der Waals surface area contributed by atoms with Crippen molar-refractivity contribution < 1.29 is 31.1 Å². The summed E-state index contributed by atoms with van der Waals surface area (Å²) in [5.41, 5.74) is -0.354. The van der Waals surface area contributed by atoms with Crippen molar-refractivity contribution in [3.8, 4) is 17.0 Å². The number of aromatic nitrogens is 5. The molecule has 1 spiro atoms. The number of alkyl halides is 2. The van der Waals surface area contributed by atoms with E-state index in [0.717, 1.165) is 66.6 Å². The molecule has 2 fully saturated rings. The topological polar surface area (TPSA) is 78.5 Å². The van der Waals surface area contributed by atoms with E-state index in [9.17, 15) is 13.2 Å². The Balaban J connectivity index is 1.42. The Kier molecular flexibility index (Phi) is 4.72. The summed E-state index contributed by atoms with van der Waals surface area (Å²) in [6.45, 7) is 0.762. The Bertz CT molecular complexity index is 1540. The molecule has 0 atom stereocenters. The predicted molar refractivity (Wildman–Crippen MR) is 123 cm³/mol. The Hall–Kier alpha value is -3.41. The lowest BCUT2D eigenvalue weighted by atomic mass is 9.71. The van der Waals surface area contributed by atoms with E-state index in [4.69, 9.17) is 13.6 Å². The summed E-state index contributed by atoms with van der Waals surface area (Å²) in [5, 5.41) is 7.52. The lowest BCUT2D eigenvalue weighted by Gasteiger charge is -2.46. The van der Waals surface area contributed by atoms with Crippen molar-refractivity contribution in [1.29, 1.82) is 0 Å². The predicted octanol–water partition coefficient (Wildman–Crippen LogP) is 4.67. The van der Waals surface area contributed by atoms with Gasteiger partial charge in [-0.2, -0.15) is 4.98 Å². The summed E-state index contributed by atoms with van der Waals surface area (Å²) in [5.74, 6) is -2.11. The van der Waals surface area contributed by atoms with Crippen LogP contribution in [0.1, 0.15) is 29.8 Å². The molecule has 2 aliphatic rings. The number of anilines is 1. The fourth-order valence-electron chi connectivity index (χ4n) is 5.22. The molecule has 1 saturated carbocycles. The zero-order valence-electron chi connectivity index (χ0n) is 22.0. The number of nitrogens with one attached hydrogen (secondary N) is 1. The average Bonchev–Trinajstić information content (AvgIpc) is 3.37. The Morgan fingerprint density at radius 3 is 2.75 bits per heavy atom. The van der Waals surface area contributed by atoms with Gasteiger partial charge >= 0.3 is 0 Å². The molecule has 6 rings (SSSR count). The quantitative estimate of drug-likeness (QED) is 0.382. The Morgan fingerprint density at radius 2 is 2.06 bits per heavy atom. The second-order valence-corrected chi connectivity index (χ2v) is 9.51. The number of methoxy groups -OCH3 is 1. The SMILES string of the molecule is [2H]C([2H])([2H])Oc1nc(NC2CCC3(CC2)COC3)nn2cc(F)c(-c3cc(F)c4ncn(CC(F)F)c4c3)c12. The van der Waals surface area contributed by atoms with Crippen molar-refractivity contribution in [2.24, 2.45) is 5.41 Å². The molecule has 4 heterocycles. The van der Waals surface area contributed by atoms with Crippen LogP contribution in [0.15, 0.2) is 24.7 Å². The zero-order chi connectivity index (χ0) is 27.5. The molecule has 0 bridgehead atoms. The first kappa shape index (κ1) is 19.7. The maximum Gasteiger partial charge on any atom is 0.256 e. The summed E-state index contributed by atoms with van der Waals surface area (Å²) in [7, 11) is -2.93. The normalized spacial score (nSPS) is 19.4. The number of hydrogen-bond acceptors (Lipinski definition) is 6. The summed E-state index contributed by atoms with van der Waals surface area (Å²) in [4.78, 5) is 8.10. The van der Waals surface area contributed by atoms with Crippen molar-refractivity contribution in [2.45, 2.75) is 44.7 Å². The van der Waals surface area contributed by atoms with Crippen LogP contribution in [-0.2, 0) is 11.3 Å². The number of halogens is 4. The molecule has 0 unspecified atom stereocenters. The first-order valence-electron chi connectivity index (χ1n) is 13.1. The van der Waals surface area contributed by atoms with Gasteiger partial charge in [0.2, 0.25) is 11.8 Å². The zero-order valence-corrected chi connectivity index (χ0v) is 19.0. The molecule has 12 heteroatoms. The molecule has 1 N–H and O–H groups in total. The fraction of sp³-hybridized carbons (Fsp3) is 0.458.